The van der Waals surface area contributed by atoms with Crippen molar-refractivity contribution in [3.05, 3.63) is 70.5 Å². The predicted molar refractivity (Wildman–Crippen MR) is 115 cm³/mol. The molecule has 1 aliphatic heterocycles. The van der Waals surface area contributed by atoms with Gasteiger partial charge in [0.25, 0.3) is 11.8 Å². The summed E-state index contributed by atoms with van der Waals surface area (Å²) in [6.45, 7) is 4.91. The highest BCUT2D eigenvalue weighted by molar-refractivity contribution is 7.18. The summed E-state index contributed by atoms with van der Waals surface area (Å²) >= 11 is 1.26. The van der Waals surface area contributed by atoms with E-state index in [9.17, 15) is 9.59 Å². The highest BCUT2D eigenvalue weighted by atomic mass is 32.1. The van der Waals surface area contributed by atoms with E-state index in [0.29, 0.717) is 9.88 Å². The van der Waals surface area contributed by atoms with Crippen LogP contribution in [0.3, 0.4) is 0 Å². The minimum Gasteiger partial charge on any atom is -0.459 e. The Bertz CT molecular complexity index is 1000. The first kappa shape index (κ1) is 19.4. The molecule has 0 saturated carbocycles. The smallest absolute Gasteiger partial charge is 0.291 e. The number of amides is 2. The van der Waals surface area contributed by atoms with Gasteiger partial charge in [-0.3, -0.25) is 14.5 Å². The Morgan fingerprint density at radius 2 is 1.86 bits per heavy atom. The van der Waals surface area contributed by atoms with Crippen LogP contribution in [0.5, 0.6) is 0 Å². The number of nitrogens with one attached hydrogen (secondary N) is 2. The third kappa shape index (κ3) is 4.58. The average molecular weight is 410 g/mol. The van der Waals surface area contributed by atoms with Gasteiger partial charge in [0.15, 0.2) is 5.76 Å². The summed E-state index contributed by atoms with van der Waals surface area (Å²) in [5.41, 5.74) is 2.76. The number of carbonyl (C=O) groups is 2. The summed E-state index contributed by atoms with van der Waals surface area (Å²) in [7, 11) is 0. The second-order valence-electron chi connectivity index (χ2n) is 7.15. The molecule has 4 rings (SSSR count). The molecule has 0 spiro atoms. The molecular weight excluding hydrogens is 386 g/mol. The maximum Gasteiger partial charge on any atom is 0.291 e. The molecule has 1 fully saturated rings. The minimum absolute atomic E-state index is 0.167. The highest BCUT2D eigenvalue weighted by Crippen LogP contribution is 2.29. The number of nitrogens with zero attached hydrogens (tertiary/aromatic N) is 1. The summed E-state index contributed by atoms with van der Waals surface area (Å²) < 4.78 is 5.11. The van der Waals surface area contributed by atoms with E-state index in [2.05, 4.69) is 21.6 Å². The van der Waals surface area contributed by atoms with Gasteiger partial charge in [-0.25, -0.2) is 0 Å². The van der Waals surface area contributed by atoms with Crippen LogP contribution in [0.1, 0.15) is 44.2 Å². The Balaban J connectivity index is 1.46. The van der Waals surface area contributed by atoms with Crippen LogP contribution in [-0.2, 0) is 6.54 Å². The van der Waals surface area contributed by atoms with Crippen molar-refractivity contribution in [2.75, 3.05) is 23.7 Å². The molecule has 2 N–H and O–H groups in total. The van der Waals surface area contributed by atoms with E-state index in [-0.39, 0.29) is 17.6 Å². The van der Waals surface area contributed by atoms with Crippen LogP contribution >= 0.6 is 11.3 Å². The van der Waals surface area contributed by atoms with Gasteiger partial charge in [-0.15, -0.1) is 11.3 Å². The van der Waals surface area contributed by atoms with E-state index in [1.54, 1.807) is 18.2 Å². The van der Waals surface area contributed by atoms with Crippen LogP contribution in [-0.4, -0.2) is 29.8 Å². The third-order valence-corrected chi connectivity index (χ3v) is 6.12. The van der Waals surface area contributed by atoms with Gasteiger partial charge in [-0.1, -0.05) is 18.2 Å². The van der Waals surface area contributed by atoms with Crippen molar-refractivity contribution in [1.29, 1.82) is 0 Å². The Kier molecular flexibility index (Phi) is 5.78. The van der Waals surface area contributed by atoms with Gasteiger partial charge in [0, 0.05) is 12.2 Å². The number of rotatable bonds is 6. The molecule has 29 heavy (non-hydrogen) atoms. The molecule has 3 heterocycles. The first-order chi connectivity index (χ1) is 14.1. The molecule has 0 atom stereocenters. The van der Waals surface area contributed by atoms with Gasteiger partial charge < -0.3 is 15.1 Å². The van der Waals surface area contributed by atoms with Crippen LogP contribution in [0.4, 0.5) is 10.7 Å². The molecule has 0 radical (unpaired) electrons. The topological polar surface area (TPSA) is 74.6 Å². The van der Waals surface area contributed by atoms with Crippen LogP contribution < -0.4 is 10.6 Å². The molecule has 0 unspecified atom stereocenters. The maximum absolute atomic E-state index is 12.9. The van der Waals surface area contributed by atoms with E-state index in [0.717, 1.165) is 36.4 Å². The molecule has 1 saturated heterocycles. The van der Waals surface area contributed by atoms with Crippen LogP contribution in [0, 0.1) is 6.92 Å². The molecular formula is C22H23N3O3S. The second kappa shape index (κ2) is 8.63. The fraction of sp³-hybridized carbons (Fsp3) is 0.273. The second-order valence-corrected chi connectivity index (χ2v) is 8.20. The molecule has 7 heteroatoms. The number of aryl methyl sites for hydroxylation is 1. The lowest BCUT2D eigenvalue weighted by atomic mass is 10.1. The van der Waals surface area contributed by atoms with Gasteiger partial charge in [-0.2, -0.15) is 0 Å². The quantitative estimate of drug-likeness (QED) is 0.616. The fourth-order valence-electron chi connectivity index (χ4n) is 3.49. The number of carbonyl (C=O) groups excluding carboxylic acids is 2. The Morgan fingerprint density at radius 3 is 2.62 bits per heavy atom. The first-order valence-corrected chi connectivity index (χ1v) is 10.5. The summed E-state index contributed by atoms with van der Waals surface area (Å²) in [6.07, 6.45) is 3.91. The molecule has 1 aliphatic rings. The summed E-state index contributed by atoms with van der Waals surface area (Å²) in [4.78, 5) is 28.1. The van der Waals surface area contributed by atoms with Crippen molar-refractivity contribution >= 4 is 33.8 Å². The van der Waals surface area contributed by atoms with Crippen molar-refractivity contribution in [3.63, 3.8) is 0 Å². The number of thiophene rings is 1. The molecule has 6 nitrogen and oxygen atoms in total. The van der Waals surface area contributed by atoms with Gasteiger partial charge in [0.1, 0.15) is 0 Å². The van der Waals surface area contributed by atoms with E-state index in [1.165, 1.54) is 30.4 Å². The molecule has 2 aromatic heterocycles. The van der Waals surface area contributed by atoms with Crippen molar-refractivity contribution in [3.8, 4) is 0 Å². The predicted octanol–water partition coefficient (Wildman–Crippen LogP) is 4.75. The third-order valence-electron chi connectivity index (χ3n) is 4.96. The van der Waals surface area contributed by atoms with Crippen LogP contribution in [0.15, 0.2) is 53.1 Å². The Labute approximate surface area is 173 Å². The maximum atomic E-state index is 12.9. The van der Waals surface area contributed by atoms with Crippen molar-refractivity contribution < 1.29 is 14.0 Å². The number of hydrogen-bond donors (Lipinski definition) is 2. The van der Waals surface area contributed by atoms with Gasteiger partial charge in [-0.05, 0) is 68.2 Å². The van der Waals surface area contributed by atoms with E-state index < -0.39 is 0 Å². The van der Waals surface area contributed by atoms with Gasteiger partial charge >= 0.3 is 0 Å². The fourth-order valence-corrected chi connectivity index (χ4v) is 4.45. The number of likely N-dealkylation sites (tertiary alicyclic amines) is 1. The van der Waals surface area contributed by atoms with Gasteiger partial charge in [0.05, 0.1) is 16.1 Å². The van der Waals surface area contributed by atoms with E-state index in [1.807, 2.05) is 25.1 Å². The minimum atomic E-state index is -0.334. The SMILES string of the molecule is Cc1cc(NC(=O)c2ccco2)sc1C(=O)Nc1ccccc1CN1CCCC1. The number of hydrogen-bond acceptors (Lipinski definition) is 5. The van der Waals surface area contributed by atoms with Crippen LogP contribution in [0.25, 0.3) is 0 Å². The van der Waals surface area contributed by atoms with Gasteiger partial charge in [0.2, 0.25) is 0 Å². The standard InChI is InChI=1S/C22H23N3O3S/c1-15-13-19(24-21(26)18-9-6-12-28-18)29-20(15)22(27)23-17-8-3-2-7-16(17)14-25-10-4-5-11-25/h2-3,6-9,12-13H,4-5,10-11,14H2,1H3,(H,23,27)(H,24,26). The lowest BCUT2D eigenvalue weighted by Crippen LogP contribution is -2.20. The molecule has 1 aromatic carbocycles. The zero-order chi connectivity index (χ0) is 20.2. The zero-order valence-corrected chi connectivity index (χ0v) is 17.1. The molecule has 2 amide bonds. The number of furan rings is 1. The Morgan fingerprint density at radius 1 is 1.07 bits per heavy atom. The monoisotopic (exact) mass is 409 g/mol. The van der Waals surface area contributed by atoms with Crippen LogP contribution in [0.2, 0.25) is 0 Å². The zero-order valence-electron chi connectivity index (χ0n) is 16.2. The van der Waals surface area contributed by atoms with E-state index >= 15 is 0 Å². The number of para-hydroxylation sites is 1. The summed E-state index contributed by atoms with van der Waals surface area (Å²) in [5.74, 6) is -0.267. The molecule has 0 aliphatic carbocycles. The Hall–Kier alpha value is -2.90. The summed E-state index contributed by atoms with van der Waals surface area (Å²) in [5, 5.41) is 6.44. The number of anilines is 2. The molecule has 150 valence electrons. The summed E-state index contributed by atoms with van der Waals surface area (Å²) in [6, 6.07) is 13.0. The lowest BCUT2D eigenvalue weighted by molar-refractivity contribution is 0.0995. The lowest BCUT2D eigenvalue weighted by Gasteiger charge is -2.17. The normalized spacial score (nSPS) is 14.1. The van der Waals surface area contributed by atoms with Crippen molar-refractivity contribution in [1.82, 2.24) is 4.90 Å². The first-order valence-electron chi connectivity index (χ1n) is 9.67. The molecule has 0 bridgehead atoms. The number of benzene rings is 1. The van der Waals surface area contributed by atoms with Crippen molar-refractivity contribution in [2.24, 2.45) is 0 Å². The highest BCUT2D eigenvalue weighted by Gasteiger charge is 2.19. The van der Waals surface area contributed by atoms with Crippen molar-refractivity contribution in [2.45, 2.75) is 26.3 Å². The van der Waals surface area contributed by atoms with E-state index in [4.69, 9.17) is 4.42 Å². The average Bonchev–Trinajstić information content (AvgIpc) is 3.45. The molecule has 3 aromatic rings. The largest absolute Gasteiger partial charge is 0.459 e.